The monoisotopic (exact) mass is 227 g/mol. The van der Waals surface area contributed by atoms with Gasteiger partial charge in [-0.15, -0.1) is 0 Å². The topological polar surface area (TPSA) is 63.3 Å². The first kappa shape index (κ1) is 13.5. The highest BCUT2D eigenvalue weighted by Gasteiger charge is 2.50. The molecule has 3 N–H and O–H groups in total. The van der Waals surface area contributed by atoms with Crippen molar-refractivity contribution in [3.8, 4) is 0 Å². The summed E-state index contributed by atoms with van der Waals surface area (Å²) in [7, 11) is 0. The zero-order valence-electron chi connectivity index (χ0n) is 10.8. The van der Waals surface area contributed by atoms with Crippen LogP contribution in [0.4, 0.5) is 0 Å². The molecule has 0 radical (unpaired) electrons. The second-order valence-electron chi connectivity index (χ2n) is 5.61. The molecule has 3 heteroatoms. The molecular formula is C13H25NO2. The third kappa shape index (κ3) is 2.10. The van der Waals surface area contributed by atoms with E-state index in [1.165, 1.54) is 19.3 Å². The van der Waals surface area contributed by atoms with E-state index in [-0.39, 0.29) is 5.41 Å². The van der Waals surface area contributed by atoms with Crippen LogP contribution in [0.15, 0.2) is 0 Å². The molecule has 0 amide bonds. The molecule has 1 rings (SSSR count). The van der Waals surface area contributed by atoms with Gasteiger partial charge in [-0.3, -0.25) is 4.79 Å². The summed E-state index contributed by atoms with van der Waals surface area (Å²) in [6.45, 7) is 5.78. The Morgan fingerprint density at radius 3 is 2.19 bits per heavy atom. The summed E-state index contributed by atoms with van der Waals surface area (Å²) in [5.74, 6) is -0.417. The van der Waals surface area contributed by atoms with E-state index >= 15 is 0 Å². The SMILES string of the molecule is CCC(C)(C1CCCCC1)C(C)(N)C(=O)O. The fourth-order valence-electron chi connectivity index (χ4n) is 3.06. The third-order valence-corrected chi connectivity index (χ3v) is 4.87. The fraction of sp³-hybridized carbons (Fsp3) is 0.923. The molecule has 0 bridgehead atoms. The minimum atomic E-state index is -1.12. The van der Waals surface area contributed by atoms with Gasteiger partial charge in [0, 0.05) is 0 Å². The molecule has 16 heavy (non-hydrogen) atoms. The molecule has 0 aromatic rings. The van der Waals surface area contributed by atoms with Gasteiger partial charge in [0.15, 0.2) is 0 Å². The third-order valence-electron chi connectivity index (χ3n) is 4.87. The quantitative estimate of drug-likeness (QED) is 0.776. The molecule has 1 saturated carbocycles. The molecule has 0 aromatic heterocycles. The predicted octanol–water partition coefficient (Wildman–Crippen LogP) is 2.79. The Morgan fingerprint density at radius 1 is 1.31 bits per heavy atom. The lowest BCUT2D eigenvalue weighted by Crippen LogP contribution is -2.60. The van der Waals surface area contributed by atoms with Crippen LogP contribution in [-0.2, 0) is 4.79 Å². The summed E-state index contributed by atoms with van der Waals surface area (Å²) in [4.78, 5) is 11.3. The second-order valence-corrected chi connectivity index (χ2v) is 5.61. The van der Waals surface area contributed by atoms with Crippen molar-refractivity contribution < 1.29 is 9.90 Å². The van der Waals surface area contributed by atoms with Crippen molar-refractivity contribution in [2.24, 2.45) is 17.1 Å². The van der Waals surface area contributed by atoms with Crippen molar-refractivity contribution in [2.75, 3.05) is 0 Å². The van der Waals surface area contributed by atoms with E-state index < -0.39 is 11.5 Å². The van der Waals surface area contributed by atoms with Gasteiger partial charge in [0.25, 0.3) is 0 Å². The van der Waals surface area contributed by atoms with Crippen molar-refractivity contribution in [3.63, 3.8) is 0 Å². The largest absolute Gasteiger partial charge is 0.480 e. The molecule has 0 aliphatic heterocycles. The minimum absolute atomic E-state index is 0.292. The summed E-state index contributed by atoms with van der Waals surface area (Å²) in [5, 5.41) is 9.31. The van der Waals surface area contributed by atoms with Crippen LogP contribution in [-0.4, -0.2) is 16.6 Å². The highest BCUT2D eigenvalue weighted by Crippen LogP contribution is 2.47. The standard InChI is InChI=1S/C13H25NO2/c1-4-12(2,13(3,14)11(15)16)10-8-6-5-7-9-10/h10H,4-9,14H2,1-3H3,(H,15,16). The van der Waals surface area contributed by atoms with Gasteiger partial charge in [0.2, 0.25) is 0 Å². The maximum atomic E-state index is 11.3. The zero-order valence-corrected chi connectivity index (χ0v) is 10.8. The van der Waals surface area contributed by atoms with Crippen LogP contribution in [0.1, 0.15) is 59.3 Å². The first-order valence-electron chi connectivity index (χ1n) is 6.38. The average molecular weight is 227 g/mol. The van der Waals surface area contributed by atoms with E-state index in [9.17, 15) is 9.90 Å². The maximum absolute atomic E-state index is 11.3. The van der Waals surface area contributed by atoms with E-state index in [2.05, 4.69) is 13.8 Å². The number of aliphatic carboxylic acids is 1. The lowest BCUT2D eigenvalue weighted by atomic mass is 9.59. The highest BCUT2D eigenvalue weighted by atomic mass is 16.4. The Kier molecular flexibility index (Phi) is 4.00. The summed E-state index contributed by atoms with van der Waals surface area (Å²) < 4.78 is 0. The number of carboxylic acid groups (broad SMARTS) is 1. The molecule has 1 fully saturated rings. The zero-order chi connectivity index (χ0) is 12.4. The number of hydrogen-bond acceptors (Lipinski definition) is 2. The van der Waals surface area contributed by atoms with Crippen molar-refractivity contribution in [3.05, 3.63) is 0 Å². The van der Waals surface area contributed by atoms with Crippen molar-refractivity contribution >= 4 is 5.97 Å². The molecule has 0 heterocycles. The number of nitrogens with two attached hydrogens (primary N) is 1. The summed E-state index contributed by atoms with van der Waals surface area (Å²) >= 11 is 0. The Labute approximate surface area is 98.4 Å². The minimum Gasteiger partial charge on any atom is -0.480 e. The summed E-state index contributed by atoms with van der Waals surface area (Å²) in [6, 6.07) is 0. The van der Waals surface area contributed by atoms with Gasteiger partial charge in [0.05, 0.1) is 0 Å². The molecular weight excluding hydrogens is 202 g/mol. The number of hydrogen-bond donors (Lipinski definition) is 2. The van der Waals surface area contributed by atoms with E-state index in [1.807, 2.05) is 0 Å². The van der Waals surface area contributed by atoms with Crippen LogP contribution >= 0.6 is 0 Å². The van der Waals surface area contributed by atoms with Gasteiger partial charge >= 0.3 is 5.97 Å². The fourth-order valence-corrected chi connectivity index (χ4v) is 3.06. The van der Waals surface area contributed by atoms with Crippen LogP contribution < -0.4 is 5.73 Å². The molecule has 2 atom stereocenters. The molecule has 3 nitrogen and oxygen atoms in total. The van der Waals surface area contributed by atoms with Gasteiger partial charge in [-0.2, -0.15) is 0 Å². The lowest BCUT2D eigenvalue weighted by Gasteiger charge is -2.47. The molecule has 2 unspecified atom stereocenters. The van der Waals surface area contributed by atoms with Crippen molar-refractivity contribution in [2.45, 2.75) is 64.8 Å². The van der Waals surface area contributed by atoms with Crippen LogP contribution in [0.5, 0.6) is 0 Å². The summed E-state index contributed by atoms with van der Waals surface area (Å²) in [5.41, 5.74) is 4.67. The normalized spacial score (nSPS) is 25.8. The van der Waals surface area contributed by atoms with Gasteiger partial charge in [0.1, 0.15) is 5.54 Å². The lowest BCUT2D eigenvalue weighted by molar-refractivity contribution is -0.150. The van der Waals surface area contributed by atoms with Crippen molar-refractivity contribution in [1.29, 1.82) is 0 Å². The van der Waals surface area contributed by atoms with Crippen molar-refractivity contribution in [1.82, 2.24) is 0 Å². The smallest absolute Gasteiger partial charge is 0.323 e. The number of carboxylic acids is 1. The highest BCUT2D eigenvalue weighted by molar-refractivity contribution is 5.79. The molecule has 0 spiro atoms. The molecule has 1 aliphatic carbocycles. The first-order chi connectivity index (χ1) is 7.36. The molecule has 94 valence electrons. The Morgan fingerprint density at radius 2 is 1.81 bits per heavy atom. The van der Waals surface area contributed by atoms with Gasteiger partial charge < -0.3 is 10.8 Å². The number of rotatable bonds is 4. The second kappa shape index (κ2) is 4.74. The Balaban J connectivity index is 2.95. The van der Waals surface area contributed by atoms with E-state index in [4.69, 9.17) is 5.73 Å². The Hall–Kier alpha value is -0.570. The Bertz CT molecular complexity index is 257. The van der Waals surface area contributed by atoms with Crippen LogP contribution in [0, 0.1) is 11.3 Å². The van der Waals surface area contributed by atoms with E-state index in [0.717, 1.165) is 19.3 Å². The average Bonchev–Trinajstić information content (AvgIpc) is 2.28. The van der Waals surface area contributed by atoms with Crippen LogP contribution in [0.25, 0.3) is 0 Å². The number of carbonyl (C=O) groups is 1. The summed E-state index contributed by atoms with van der Waals surface area (Å²) in [6.07, 6.45) is 6.81. The molecule has 0 aromatic carbocycles. The maximum Gasteiger partial charge on any atom is 0.323 e. The first-order valence-corrected chi connectivity index (χ1v) is 6.38. The van der Waals surface area contributed by atoms with E-state index in [1.54, 1.807) is 6.92 Å². The van der Waals surface area contributed by atoms with Gasteiger partial charge in [-0.1, -0.05) is 33.1 Å². The molecule has 0 saturated heterocycles. The van der Waals surface area contributed by atoms with Crippen LogP contribution in [0.2, 0.25) is 0 Å². The van der Waals surface area contributed by atoms with Gasteiger partial charge in [-0.25, -0.2) is 0 Å². The van der Waals surface area contributed by atoms with Crippen LogP contribution in [0.3, 0.4) is 0 Å². The predicted molar refractivity (Wildman–Crippen MR) is 65.2 cm³/mol. The van der Waals surface area contributed by atoms with Gasteiger partial charge in [-0.05, 0) is 37.5 Å². The van der Waals surface area contributed by atoms with E-state index in [0.29, 0.717) is 5.92 Å². The molecule has 1 aliphatic rings.